The highest BCUT2D eigenvalue weighted by atomic mass is 79.9. The largest absolute Gasteiger partial charge is 0.497 e. The highest BCUT2D eigenvalue weighted by Gasteiger charge is 2.42. The first-order chi connectivity index (χ1) is 12.6. The van der Waals surface area contributed by atoms with E-state index >= 15 is 0 Å². The van der Waals surface area contributed by atoms with E-state index in [1.807, 2.05) is 48.5 Å². The number of hydrogen-bond donors (Lipinski definition) is 0. The first-order valence-electron chi connectivity index (χ1n) is 8.21. The number of ether oxygens (including phenoxy) is 2. The number of carbonyl (C=O) groups excluding carboxylic acids is 2. The van der Waals surface area contributed by atoms with Crippen LogP contribution in [0, 0.1) is 0 Å². The highest BCUT2D eigenvalue weighted by molar-refractivity contribution is 9.10. The lowest BCUT2D eigenvalue weighted by Crippen LogP contribution is -2.37. The second-order valence-corrected chi connectivity index (χ2v) is 7.09. The number of esters is 1. The SMILES string of the molecule is COc1ccc([C@H]2CC(=O)N(c3cccc(Br)c3)C3=C2C(=O)OC3)cc1. The number of halogens is 1. The van der Waals surface area contributed by atoms with Gasteiger partial charge in [-0.2, -0.15) is 0 Å². The van der Waals surface area contributed by atoms with E-state index in [2.05, 4.69) is 15.9 Å². The number of anilines is 1. The Bertz CT molecular complexity index is 920. The molecule has 2 aromatic carbocycles. The van der Waals surface area contributed by atoms with Crippen LogP contribution in [0.2, 0.25) is 0 Å². The minimum absolute atomic E-state index is 0.0547. The maximum Gasteiger partial charge on any atom is 0.336 e. The molecule has 0 aromatic heterocycles. The van der Waals surface area contributed by atoms with E-state index in [9.17, 15) is 9.59 Å². The molecule has 0 spiro atoms. The van der Waals surface area contributed by atoms with Gasteiger partial charge in [0.15, 0.2) is 0 Å². The summed E-state index contributed by atoms with van der Waals surface area (Å²) in [5, 5.41) is 0. The van der Waals surface area contributed by atoms with Crippen molar-refractivity contribution in [2.75, 3.05) is 18.6 Å². The molecule has 0 aliphatic carbocycles. The molecule has 2 aliphatic heterocycles. The minimum Gasteiger partial charge on any atom is -0.497 e. The van der Waals surface area contributed by atoms with Gasteiger partial charge in [-0.05, 0) is 35.9 Å². The Labute approximate surface area is 159 Å². The fourth-order valence-electron chi connectivity index (χ4n) is 3.49. The standard InChI is InChI=1S/C20H16BrNO4/c1-25-15-7-5-12(6-8-15)16-10-18(23)22(14-4-2-3-13(21)9-14)17-11-26-20(24)19(16)17/h2-9,16H,10-11H2,1H3/t16-/m1/s1. The molecule has 2 aromatic rings. The summed E-state index contributed by atoms with van der Waals surface area (Å²) in [5.41, 5.74) is 2.82. The van der Waals surface area contributed by atoms with Gasteiger partial charge in [0.05, 0.1) is 18.4 Å². The lowest BCUT2D eigenvalue weighted by Gasteiger charge is -2.32. The topological polar surface area (TPSA) is 55.8 Å². The molecule has 0 bridgehead atoms. The molecule has 132 valence electrons. The van der Waals surface area contributed by atoms with E-state index in [-0.39, 0.29) is 30.8 Å². The third-order valence-corrected chi connectivity index (χ3v) is 5.20. The van der Waals surface area contributed by atoms with Gasteiger partial charge in [0.2, 0.25) is 5.91 Å². The van der Waals surface area contributed by atoms with Crippen LogP contribution in [-0.4, -0.2) is 25.6 Å². The molecule has 0 saturated carbocycles. The average Bonchev–Trinajstić information content (AvgIpc) is 3.02. The second kappa shape index (κ2) is 6.61. The molecule has 6 heteroatoms. The van der Waals surface area contributed by atoms with Crippen molar-refractivity contribution in [1.82, 2.24) is 0 Å². The van der Waals surface area contributed by atoms with Crippen LogP contribution in [0.4, 0.5) is 5.69 Å². The molecule has 1 atom stereocenters. The Balaban J connectivity index is 1.80. The van der Waals surface area contributed by atoms with Gasteiger partial charge in [0.1, 0.15) is 12.4 Å². The maximum atomic E-state index is 12.9. The van der Waals surface area contributed by atoms with Crippen molar-refractivity contribution in [2.24, 2.45) is 0 Å². The van der Waals surface area contributed by atoms with Crippen LogP contribution in [0.3, 0.4) is 0 Å². The summed E-state index contributed by atoms with van der Waals surface area (Å²) >= 11 is 3.43. The second-order valence-electron chi connectivity index (χ2n) is 6.18. The fourth-order valence-corrected chi connectivity index (χ4v) is 3.88. The number of rotatable bonds is 3. The van der Waals surface area contributed by atoms with E-state index < -0.39 is 0 Å². The molecule has 0 fully saturated rings. The Hall–Kier alpha value is -2.60. The van der Waals surface area contributed by atoms with Crippen molar-refractivity contribution in [3.8, 4) is 5.75 Å². The highest BCUT2D eigenvalue weighted by Crippen LogP contribution is 2.42. The molecule has 5 nitrogen and oxygen atoms in total. The molecule has 2 aliphatic rings. The number of cyclic esters (lactones) is 1. The Kier molecular flexibility index (Phi) is 4.28. The fraction of sp³-hybridized carbons (Fsp3) is 0.200. The molecule has 0 unspecified atom stereocenters. The van der Waals surface area contributed by atoms with Gasteiger partial charge in [-0.1, -0.05) is 34.1 Å². The zero-order valence-electron chi connectivity index (χ0n) is 14.1. The lowest BCUT2D eigenvalue weighted by molar-refractivity contribution is -0.136. The van der Waals surface area contributed by atoms with Gasteiger partial charge in [0, 0.05) is 22.5 Å². The third kappa shape index (κ3) is 2.80. The van der Waals surface area contributed by atoms with Gasteiger partial charge in [-0.25, -0.2) is 4.79 Å². The number of benzene rings is 2. The van der Waals surface area contributed by atoms with Gasteiger partial charge in [0.25, 0.3) is 0 Å². The van der Waals surface area contributed by atoms with Crippen molar-refractivity contribution in [3.05, 3.63) is 69.8 Å². The van der Waals surface area contributed by atoms with Crippen molar-refractivity contribution in [3.63, 3.8) is 0 Å². The number of methoxy groups -OCH3 is 1. The monoisotopic (exact) mass is 413 g/mol. The zero-order valence-corrected chi connectivity index (χ0v) is 15.7. The zero-order chi connectivity index (χ0) is 18.3. The molecule has 0 radical (unpaired) electrons. The van der Waals surface area contributed by atoms with Gasteiger partial charge in [-0.15, -0.1) is 0 Å². The Morgan fingerprint density at radius 1 is 1.15 bits per heavy atom. The van der Waals surface area contributed by atoms with E-state index in [4.69, 9.17) is 9.47 Å². The summed E-state index contributed by atoms with van der Waals surface area (Å²) in [7, 11) is 1.60. The molecule has 0 saturated heterocycles. The quantitative estimate of drug-likeness (QED) is 0.718. The number of carbonyl (C=O) groups is 2. The van der Waals surface area contributed by atoms with Gasteiger partial charge < -0.3 is 9.47 Å². The normalized spacial score (nSPS) is 19.5. The summed E-state index contributed by atoms with van der Waals surface area (Å²) in [4.78, 5) is 27.0. The van der Waals surface area contributed by atoms with Crippen LogP contribution in [0.5, 0.6) is 5.75 Å². The van der Waals surface area contributed by atoms with Gasteiger partial charge in [-0.3, -0.25) is 9.69 Å². The van der Waals surface area contributed by atoms with E-state index in [1.165, 1.54) is 0 Å². The van der Waals surface area contributed by atoms with Crippen LogP contribution in [0.25, 0.3) is 0 Å². The van der Waals surface area contributed by atoms with E-state index in [0.717, 1.165) is 21.5 Å². The Morgan fingerprint density at radius 3 is 2.62 bits per heavy atom. The third-order valence-electron chi connectivity index (χ3n) is 4.70. The van der Waals surface area contributed by atoms with Crippen LogP contribution in [-0.2, 0) is 14.3 Å². The molecule has 26 heavy (non-hydrogen) atoms. The van der Waals surface area contributed by atoms with Crippen molar-refractivity contribution in [1.29, 1.82) is 0 Å². The first kappa shape index (κ1) is 16.8. The molecular weight excluding hydrogens is 398 g/mol. The van der Waals surface area contributed by atoms with Crippen LogP contribution in [0.15, 0.2) is 64.3 Å². The van der Waals surface area contributed by atoms with Crippen LogP contribution in [0.1, 0.15) is 17.9 Å². The molecule has 1 amide bonds. The summed E-state index contributed by atoms with van der Waals surface area (Å²) in [6.07, 6.45) is 0.215. The smallest absolute Gasteiger partial charge is 0.336 e. The number of hydrogen-bond acceptors (Lipinski definition) is 4. The molecule has 4 rings (SSSR count). The molecular formula is C20H16BrNO4. The summed E-state index contributed by atoms with van der Waals surface area (Å²) in [5.74, 6) is 0.0194. The van der Waals surface area contributed by atoms with Gasteiger partial charge >= 0.3 is 5.97 Å². The van der Waals surface area contributed by atoms with Crippen molar-refractivity contribution < 1.29 is 19.1 Å². The first-order valence-corrected chi connectivity index (χ1v) is 9.00. The molecule has 2 heterocycles. The summed E-state index contributed by atoms with van der Waals surface area (Å²) in [6, 6.07) is 14.9. The Morgan fingerprint density at radius 2 is 1.92 bits per heavy atom. The predicted molar refractivity (Wildman–Crippen MR) is 100.0 cm³/mol. The van der Waals surface area contributed by atoms with E-state index in [0.29, 0.717) is 11.3 Å². The van der Waals surface area contributed by atoms with Crippen molar-refractivity contribution in [2.45, 2.75) is 12.3 Å². The predicted octanol–water partition coefficient (Wildman–Crippen LogP) is 3.79. The van der Waals surface area contributed by atoms with Crippen LogP contribution < -0.4 is 9.64 Å². The average molecular weight is 414 g/mol. The number of amides is 1. The number of nitrogens with zero attached hydrogens (tertiary/aromatic N) is 1. The van der Waals surface area contributed by atoms with Crippen LogP contribution >= 0.6 is 15.9 Å². The van der Waals surface area contributed by atoms with E-state index in [1.54, 1.807) is 12.0 Å². The lowest BCUT2D eigenvalue weighted by atomic mass is 9.84. The van der Waals surface area contributed by atoms with Crippen molar-refractivity contribution >= 4 is 33.5 Å². The minimum atomic E-state index is -0.353. The summed E-state index contributed by atoms with van der Waals surface area (Å²) < 4.78 is 11.3. The summed E-state index contributed by atoms with van der Waals surface area (Å²) in [6.45, 7) is 0.110. The molecule has 0 N–H and O–H groups in total. The maximum absolute atomic E-state index is 12.9.